The Labute approximate surface area is 53.5 Å². The Morgan fingerprint density at radius 3 is 2.67 bits per heavy atom. The highest BCUT2D eigenvalue weighted by Gasteiger charge is 1.87. The van der Waals surface area contributed by atoms with Gasteiger partial charge in [0, 0.05) is 7.05 Å². The molecule has 1 atom stereocenters. The lowest BCUT2D eigenvalue weighted by molar-refractivity contribution is 0.378. The monoisotopic (exact) mass is 131 g/mol. The molecule has 9 heavy (non-hydrogen) atoms. The van der Waals surface area contributed by atoms with Crippen molar-refractivity contribution < 1.29 is 4.39 Å². The largest absolute Gasteiger partial charge is 0.383 e. The molecule has 52 valence electrons. The van der Waals surface area contributed by atoms with Crippen LogP contribution in [-0.2, 0) is 0 Å². The predicted molar refractivity (Wildman–Crippen MR) is 36.6 cm³/mol. The Kier molecular flexibility index (Phi) is 3.59. The van der Waals surface area contributed by atoms with Crippen LogP contribution in [0, 0.1) is 0 Å². The van der Waals surface area contributed by atoms with Crippen LogP contribution in [0.3, 0.4) is 0 Å². The Balaban J connectivity index is 3.71. The first kappa shape index (κ1) is 8.07. The summed E-state index contributed by atoms with van der Waals surface area (Å²) in [5, 5.41) is 0. The first-order chi connectivity index (χ1) is 4.16. The molecule has 0 saturated heterocycles. The second-order valence-electron chi connectivity index (χ2n) is 1.50. The van der Waals surface area contributed by atoms with E-state index in [1.165, 1.54) is 20.2 Å². The van der Waals surface area contributed by atoms with Gasteiger partial charge in [0.05, 0.1) is 6.21 Å². The Morgan fingerprint density at radius 1 is 1.78 bits per heavy atom. The molecule has 0 saturated carbocycles. The third-order valence-electron chi connectivity index (χ3n) is 0.670. The maximum absolute atomic E-state index is 11.9. The molecular weight excluding hydrogens is 121 g/mol. The van der Waals surface area contributed by atoms with Crippen LogP contribution in [0.4, 0.5) is 4.39 Å². The fraction of sp³-hybridized carbons (Fsp3) is 0.600. The van der Waals surface area contributed by atoms with E-state index in [0.29, 0.717) is 0 Å². The van der Waals surface area contributed by atoms with Gasteiger partial charge in [0.1, 0.15) is 5.84 Å². The zero-order chi connectivity index (χ0) is 7.28. The summed E-state index contributed by atoms with van der Waals surface area (Å²) >= 11 is 0. The molecule has 0 aromatic rings. The van der Waals surface area contributed by atoms with Crippen molar-refractivity contribution in [2.45, 2.75) is 13.2 Å². The van der Waals surface area contributed by atoms with Gasteiger partial charge in [-0.3, -0.25) is 9.98 Å². The number of aliphatic imine (C=N–C) groups is 2. The van der Waals surface area contributed by atoms with Crippen LogP contribution in [0.1, 0.15) is 6.92 Å². The smallest absolute Gasteiger partial charge is 0.187 e. The van der Waals surface area contributed by atoms with Crippen LogP contribution in [0.25, 0.3) is 0 Å². The molecule has 1 unspecified atom stereocenters. The number of nitrogens with zero attached hydrogens (tertiary/aromatic N) is 2. The lowest BCUT2D eigenvalue weighted by Gasteiger charge is -1.89. The highest BCUT2D eigenvalue weighted by Crippen LogP contribution is 1.85. The molecule has 2 N–H and O–H groups in total. The van der Waals surface area contributed by atoms with E-state index < -0.39 is 6.30 Å². The van der Waals surface area contributed by atoms with Gasteiger partial charge in [-0.2, -0.15) is 0 Å². The first-order valence-corrected chi connectivity index (χ1v) is 2.56. The highest BCUT2D eigenvalue weighted by atomic mass is 19.1. The summed E-state index contributed by atoms with van der Waals surface area (Å²) in [6.45, 7) is 1.32. The fourth-order valence-corrected chi connectivity index (χ4v) is 0.237. The van der Waals surface area contributed by atoms with E-state index in [9.17, 15) is 4.39 Å². The number of halogens is 1. The van der Waals surface area contributed by atoms with E-state index in [1.807, 2.05) is 0 Å². The minimum Gasteiger partial charge on any atom is -0.383 e. The van der Waals surface area contributed by atoms with Gasteiger partial charge < -0.3 is 5.73 Å². The van der Waals surface area contributed by atoms with E-state index in [1.54, 1.807) is 0 Å². The van der Waals surface area contributed by atoms with E-state index in [-0.39, 0.29) is 5.84 Å². The third kappa shape index (κ3) is 4.93. The number of rotatable bonds is 2. The molecular formula is C5H10FN3. The van der Waals surface area contributed by atoms with Crippen LogP contribution < -0.4 is 5.73 Å². The third-order valence-corrected chi connectivity index (χ3v) is 0.670. The van der Waals surface area contributed by atoms with Gasteiger partial charge in [-0.1, -0.05) is 0 Å². The van der Waals surface area contributed by atoms with Crippen LogP contribution in [0.2, 0.25) is 0 Å². The van der Waals surface area contributed by atoms with Gasteiger partial charge in [-0.05, 0) is 6.92 Å². The van der Waals surface area contributed by atoms with Crippen molar-refractivity contribution in [1.82, 2.24) is 0 Å². The summed E-state index contributed by atoms with van der Waals surface area (Å²) in [5.74, 6) is 0.236. The van der Waals surface area contributed by atoms with Crippen molar-refractivity contribution in [3.8, 4) is 0 Å². The molecule has 0 aliphatic heterocycles. The van der Waals surface area contributed by atoms with Crippen LogP contribution >= 0.6 is 0 Å². The molecule has 4 heteroatoms. The molecule has 0 spiro atoms. The van der Waals surface area contributed by atoms with E-state index in [2.05, 4.69) is 9.98 Å². The van der Waals surface area contributed by atoms with Gasteiger partial charge in [-0.15, -0.1) is 0 Å². The number of nitrogens with two attached hydrogens (primary N) is 1. The quantitative estimate of drug-likeness (QED) is 0.328. The summed E-state index contributed by atoms with van der Waals surface area (Å²) in [6.07, 6.45) is -0.00435. The van der Waals surface area contributed by atoms with Crippen molar-refractivity contribution in [1.29, 1.82) is 0 Å². The lowest BCUT2D eigenvalue weighted by atomic mass is 10.6. The standard InChI is InChI=1S/C5H10FN3/c1-4(6)9-3-5(7)8-2/h3-4H,1-2H3,(H2,7,8). The second kappa shape index (κ2) is 4.00. The summed E-state index contributed by atoms with van der Waals surface area (Å²) < 4.78 is 11.9. The van der Waals surface area contributed by atoms with Crippen molar-refractivity contribution in [3.05, 3.63) is 0 Å². The number of hydrogen-bond donors (Lipinski definition) is 1. The predicted octanol–water partition coefficient (Wildman–Crippen LogP) is 0.360. The minimum absolute atomic E-state index is 0.236. The Bertz CT molecular complexity index is 128. The molecule has 0 aliphatic carbocycles. The highest BCUT2D eigenvalue weighted by molar-refractivity contribution is 6.28. The van der Waals surface area contributed by atoms with Crippen molar-refractivity contribution in [2.24, 2.45) is 15.7 Å². The van der Waals surface area contributed by atoms with Crippen LogP contribution in [0.15, 0.2) is 9.98 Å². The topological polar surface area (TPSA) is 50.7 Å². The normalized spacial score (nSPS) is 16.6. The molecule has 0 radical (unpaired) electrons. The number of alkyl halides is 1. The molecule has 0 heterocycles. The number of amidine groups is 1. The van der Waals surface area contributed by atoms with E-state index in [4.69, 9.17) is 5.73 Å². The van der Waals surface area contributed by atoms with Crippen LogP contribution in [-0.4, -0.2) is 25.4 Å². The molecule has 3 nitrogen and oxygen atoms in total. The molecule has 0 amide bonds. The molecule has 0 fully saturated rings. The van der Waals surface area contributed by atoms with Gasteiger partial charge in [0.25, 0.3) is 0 Å². The minimum atomic E-state index is -1.20. The van der Waals surface area contributed by atoms with Crippen molar-refractivity contribution in [3.63, 3.8) is 0 Å². The van der Waals surface area contributed by atoms with Gasteiger partial charge in [0.15, 0.2) is 6.30 Å². The van der Waals surface area contributed by atoms with Gasteiger partial charge in [0.2, 0.25) is 0 Å². The molecule has 0 rings (SSSR count). The maximum Gasteiger partial charge on any atom is 0.187 e. The molecule has 0 aliphatic rings. The van der Waals surface area contributed by atoms with Gasteiger partial charge in [-0.25, -0.2) is 4.39 Å². The second-order valence-corrected chi connectivity index (χ2v) is 1.50. The summed E-state index contributed by atoms with van der Waals surface area (Å²) in [5.41, 5.74) is 5.16. The zero-order valence-corrected chi connectivity index (χ0v) is 5.50. The summed E-state index contributed by atoms with van der Waals surface area (Å²) in [6, 6.07) is 0. The summed E-state index contributed by atoms with van der Waals surface area (Å²) in [7, 11) is 1.52. The van der Waals surface area contributed by atoms with Crippen LogP contribution in [0.5, 0.6) is 0 Å². The van der Waals surface area contributed by atoms with Crippen molar-refractivity contribution >= 4 is 12.1 Å². The summed E-state index contributed by atoms with van der Waals surface area (Å²) in [4.78, 5) is 6.89. The average molecular weight is 131 g/mol. The zero-order valence-electron chi connectivity index (χ0n) is 5.50. The Morgan fingerprint density at radius 2 is 2.33 bits per heavy atom. The molecule has 0 aromatic heterocycles. The van der Waals surface area contributed by atoms with E-state index in [0.717, 1.165) is 0 Å². The van der Waals surface area contributed by atoms with Crippen molar-refractivity contribution in [2.75, 3.05) is 7.05 Å². The van der Waals surface area contributed by atoms with E-state index >= 15 is 0 Å². The van der Waals surface area contributed by atoms with Gasteiger partial charge >= 0.3 is 0 Å². The molecule has 0 bridgehead atoms. The Hall–Kier alpha value is -0.930. The SMILES string of the molecule is CN=C(N)C=NC(C)F. The lowest BCUT2D eigenvalue weighted by Crippen LogP contribution is -2.13. The first-order valence-electron chi connectivity index (χ1n) is 2.56. The molecule has 0 aromatic carbocycles. The fourth-order valence-electron chi connectivity index (χ4n) is 0.237. The number of hydrogen-bond acceptors (Lipinski definition) is 2. The maximum atomic E-state index is 11.9. The average Bonchev–Trinajstić information content (AvgIpc) is 1.83.